The molecule has 0 aliphatic heterocycles. The van der Waals surface area contributed by atoms with Crippen molar-refractivity contribution in [1.82, 2.24) is 4.57 Å². The lowest BCUT2D eigenvalue weighted by Gasteiger charge is -2.13. The summed E-state index contributed by atoms with van der Waals surface area (Å²) in [7, 11) is 0. The minimum Gasteiger partial charge on any atom is -0.381 e. The molecule has 0 amide bonds. The molecule has 140 valence electrons. The van der Waals surface area contributed by atoms with Crippen molar-refractivity contribution < 1.29 is 0 Å². The fourth-order valence-electron chi connectivity index (χ4n) is 3.35. The number of halogens is 2. The van der Waals surface area contributed by atoms with E-state index < -0.39 is 0 Å². The van der Waals surface area contributed by atoms with Gasteiger partial charge in [0.15, 0.2) is 0 Å². The van der Waals surface area contributed by atoms with E-state index in [2.05, 4.69) is 47.1 Å². The fourth-order valence-corrected chi connectivity index (χ4v) is 3.60. The largest absolute Gasteiger partial charge is 0.381 e. The predicted molar refractivity (Wildman–Crippen MR) is 120 cm³/mol. The molecule has 0 fully saturated rings. The lowest BCUT2D eigenvalue weighted by atomic mass is 10.1. The zero-order valence-corrected chi connectivity index (χ0v) is 17.0. The van der Waals surface area contributed by atoms with Crippen LogP contribution in [0.25, 0.3) is 16.9 Å². The van der Waals surface area contributed by atoms with Crippen LogP contribution in [0.2, 0.25) is 10.0 Å². The molecule has 0 spiro atoms. The Morgan fingerprint density at radius 2 is 1.39 bits per heavy atom. The van der Waals surface area contributed by atoms with Gasteiger partial charge < -0.3 is 9.88 Å². The third kappa shape index (κ3) is 3.94. The second-order valence-electron chi connectivity index (χ2n) is 6.68. The highest BCUT2D eigenvalue weighted by molar-refractivity contribution is 6.30. The lowest BCUT2D eigenvalue weighted by Crippen LogP contribution is -2.02. The van der Waals surface area contributed by atoms with E-state index in [9.17, 15) is 0 Å². The molecule has 0 aliphatic rings. The highest BCUT2D eigenvalue weighted by atomic mass is 35.5. The zero-order valence-electron chi connectivity index (χ0n) is 15.5. The molecule has 1 N–H and O–H groups in total. The van der Waals surface area contributed by atoms with Crippen molar-refractivity contribution in [2.45, 2.75) is 13.5 Å². The molecule has 28 heavy (non-hydrogen) atoms. The van der Waals surface area contributed by atoms with Crippen LogP contribution in [0.3, 0.4) is 0 Å². The van der Waals surface area contributed by atoms with E-state index in [-0.39, 0.29) is 0 Å². The van der Waals surface area contributed by atoms with Crippen molar-refractivity contribution in [2.24, 2.45) is 0 Å². The summed E-state index contributed by atoms with van der Waals surface area (Å²) in [6, 6.07) is 28.4. The van der Waals surface area contributed by atoms with E-state index in [1.54, 1.807) is 0 Å². The molecular weight excluding hydrogens is 387 g/mol. The molecule has 2 nitrogen and oxygen atoms in total. The highest BCUT2D eigenvalue weighted by Crippen LogP contribution is 2.31. The molecule has 0 unspecified atom stereocenters. The molecule has 0 saturated carbocycles. The van der Waals surface area contributed by atoms with Gasteiger partial charge in [-0.05, 0) is 72.6 Å². The summed E-state index contributed by atoms with van der Waals surface area (Å²) in [4.78, 5) is 0. The molecule has 4 aromatic rings. The summed E-state index contributed by atoms with van der Waals surface area (Å²) >= 11 is 12.2. The van der Waals surface area contributed by atoms with Crippen molar-refractivity contribution >= 4 is 28.9 Å². The van der Waals surface area contributed by atoms with Gasteiger partial charge in [0.1, 0.15) is 0 Å². The fraction of sp³-hybridized carbons (Fsp3) is 0.0833. The number of anilines is 1. The van der Waals surface area contributed by atoms with Gasteiger partial charge in [-0.3, -0.25) is 0 Å². The quantitative estimate of drug-likeness (QED) is 0.365. The third-order valence-electron chi connectivity index (χ3n) is 4.83. The van der Waals surface area contributed by atoms with E-state index in [0.29, 0.717) is 0 Å². The Labute approximate surface area is 175 Å². The van der Waals surface area contributed by atoms with E-state index in [0.717, 1.165) is 39.2 Å². The molecule has 4 heteroatoms. The molecule has 3 aromatic carbocycles. The van der Waals surface area contributed by atoms with Crippen LogP contribution < -0.4 is 5.32 Å². The first-order valence-electron chi connectivity index (χ1n) is 9.14. The summed E-state index contributed by atoms with van der Waals surface area (Å²) in [5.41, 5.74) is 6.86. The van der Waals surface area contributed by atoms with Gasteiger partial charge in [0.2, 0.25) is 0 Å². The summed E-state index contributed by atoms with van der Waals surface area (Å²) in [6.45, 7) is 2.90. The van der Waals surface area contributed by atoms with Crippen LogP contribution in [-0.4, -0.2) is 4.57 Å². The molecule has 1 heterocycles. The summed E-state index contributed by atoms with van der Waals surface area (Å²) in [5.74, 6) is 0. The molecule has 0 aliphatic carbocycles. The lowest BCUT2D eigenvalue weighted by molar-refractivity contribution is 0.993. The average molecular weight is 407 g/mol. The van der Waals surface area contributed by atoms with Gasteiger partial charge in [0.05, 0.1) is 5.69 Å². The Morgan fingerprint density at radius 1 is 0.786 bits per heavy atom. The molecule has 4 rings (SSSR count). The number of nitrogens with one attached hydrogen (secondary N) is 1. The standard InChI is InChI=1S/C24H20Cl2N2/c1-17-19(16-27-22-5-3-2-4-6-22)15-24(18-7-9-20(25)10-8-18)28(17)23-13-11-21(26)12-14-23/h2-15,27H,16H2,1H3. The van der Waals surface area contributed by atoms with Crippen LogP contribution in [0.1, 0.15) is 11.3 Å². The summed E-state index contributed by atoms with van der Waals surface area (Å²) in [5, 5.41) is 4.97. The van der Waals surface area contributed by atoms with Crippen molar-refractivity contribution in [3.63, 3.8) is 0 Å². The normalized spacial score (nSPS) is 10.8. The Balaban J connectivity index is 1.76. The van der Waals surface area contributed by atoms with Crippen LogP contribution in [0.5, 0.6) is 0 Å². The predicted octanol–water partition coefficient (Wildman–Crippen LogP) is 7.37. The minimum absolute atomic E-state index is 0.729. The summed E-state index contributed by atoms with van der Waals surface area (Å²) in [6.07, 6.45) is 0. The van der Waals surface area contributed by atoms with Gasteiger partial charge >= 0.3 is 0 Å². The number of benzene rings is 3. The first-order valence-corrected chi connectivity index (χ1v) is 9.89. The van der Waals surface area contributed by atoms with Gasteiger partial charge in [-0.2, -0.15) is 0 Å². The second-order valence-corrected chi connectivity index (χ2v) is 7.55. The number of para-hydroxylation sites is 1. The minimum atomic E-state index is 0.729. The van der Waals surface area contributed by atoms with Gasteiger partial charge in [-0.15, -0.1) is 0 Å². The van der Waals surface area contributed by atoms with Crippen LogP contribution in [0.4, 0.5) is 5.69 Å². The zero-order chi connectivity index (χ0) is 19.5. The van der Waals surface area contributed by atoms with Gasteiger partial charge in [0, 0.05) is 33.7 Å². The Bertz CT molecular complexity index is 1070. The smallest absolute Gasteiger partial charge is 0.0534 e. The van der Waals surface area contributed by atoms with Crippen LogP contribution in [0.15, 0.2) is 84.9 Å². The summed E-state index contributed by atoms with van der Waals surface area (Å²) < 4.78 is 2.27. The van der Waals surface area contributed by atoms with Gasteiger partial charge in [0.25, 0.3) is 0 Å². The van der Waals surface area contributed by atoms with Crippen molar-refractivity contribution in [1.29, 1.82) is 0 Å². The molecule has 0 saturated heterocycles. The molecule has 0 radical (unpaired) electrons. The Kier molecular flexibility index (Phi) is 5.43. The van der Waals surface area contributed by atoms with Crippen molar-refractivity contribution in [3.8, 4) is 16.9 Å². The molecule has 0 bridgehead atoms. The van der Waals surface area contributed by atoms with Gasteiger partial charge in [-0.1, -0.05) is 53.5 Å². The first-order chi connectivity index (χ1) is 13.6. The number of nitrogens with zero attached hydrogens (tertiary/aromatic N) is 1. The molecular formula is C24H20Cl2N2. The van der Waals surface area contributed by atoms with E-state index in [1.807, 2.05) is 54.6 Å². The van der Waals surface area contributed by atoms with Crippen LogP contribution >= 0.6 is 23.2 Å². The van der Waals surface area contributed by atoms with Crippen LogP contribution in [-0.2, 0) is 6.54 Å². The monoisotopic (exact) mass is 406 g/mol. The number of hydrogen-bond acceptors (Lipinski definition) is 1. The maximum Gasteiger partial charge on any atom is 0.0534 e. The SMILES string of the molecule is Cc1c(CNc2ccccc2)cc(-c2ccc(Cl)cc2)n1-c1ccc(Cl)cc1. The maximum absolute atomic E-state index is 6.10. The maximum atomic E-state index is 6.10. The molecule has 0 atom stereocenters. The Morgan fingerprint density at radius 3 is 2.04 bits per heavy atom. The third-order valence-corrected chi connectivity index (χ3v) is 5.34. The topological polar surface area (TPSA) is 17.0 Å². The molecule has 1 aromatic heterocycles. The van der Waals surface area contributed by atoms with Crippen molar-refractivity contribution in [3.05, 3.63) is 106 Å². The number of rotatable bonds is 5. The second kappa shape index (κ2) is 8.14. The van der Waals surface area contributed by atoms with Crippen LogP contribution in [0, 0.1) is 6.92 Å². The van der Waals surface area contributed by atoms with E-state index in [4.69, 9.17) is 23.2 Å². The number of hydrogen-bond donors (Lipinski definition) is 1. The Hall–Kier alpha value is -2.68. The number of aromatic nitrogens is 1. The average Bonchev–Trinajstić information content (AvgIpc) is 3.05. The van der Waals surface area contributed by atoms with Gasteiger partial charge in [-0.25, -0.2) is 0 Å². The first kappa shape index (κ1) is 18.7. The van der Waals surface area contributed by atoms with E-state index >= 15 is 0 Å². The van der Waals surface area contributed by atoms with Crippen molar-refractivity contribution in [2.75, 3.05) is 5.32 Å². The highest BCUT2D eigenvalue weighted by Gasteiger charge is 2.15. The van der Waals surface area contributed by atoms with E-state index in [1.165, 1.54) is 11.3 Å².